The van der Waals surface area contributed by atoms with Gasteiger partial charge in [0, 0.05) is 12.1 Å². The third kappa shape index (κ3) is 9.84. The van der Waals surface area contributed by atoms with Gasteiger partial charge < -0.3 is 30.1 Å². The highest BCUT2D eigenvalue weighted by Gasteiger charge is 2.37. The highest BCUT2D eigenvalue weighted by molar-refractivity contribution is 5.93. The smallest absolute Gasteiger partial charge is 0.408 e. The average molecular weight is 494 g/mol. The molecule has 1 rings (SSSR count). The molecule has 1 aromatic rings. The lowest BCUT2D eigenvalue weighted by Gasteiger charge is -2.35. The van der Waals surface area contributed by atoms with E-state index in [4.69, 9.17) is 4.74 Å². The Balaban J connectivity index is 3.42. The minimum absolute atomic E-state index is 0.0408. The minimum atomic E-state index is -1.25. The Labute approximate surface area is 207 Å². The van der Waals surface area contributed by atoms with E-state index in [0.29, 0.717) is 12.8 Å². The van der Waals surface area contributed by atoms with E-state index in [2.05, 4.69) is 15.4 Å². The molecule has 2 unspecified atom stereocenters. The van der Waals surface area contributed by atoms with Crippen molar-refractivity contribution in [2.24, 2.45) is 5.92 Å². The van der Waals surface area contributed by atoms with Crippen molar-refractivity contribution in [3.8, 4) is 5.75 Å². The van der Waals surface area contributed by atoms with Crippen LogP contribution in [0.25, 0.3) is 0 Å². The standard InChI is InChI=1S/C25H39N3O7/c1-8-13-28(23(32)18(14-16(2)3)27-24(33)35-25(4,5)6)21(17-11-9-10-12-19(17)29)22(31)26-15-20(30)34-7/h9-12,16,18,21,29H,8,13-15H2,1-7H3,(H,26,31)(H,27,33). The summed E-state index contributed by atoms with van der Waals surface area (Å²) in [5.41, 5.74) is -0.567. The second-order valence-electron chi connectivity index (χ2n) is 9.62. The van der Waals surface area contributed by atoms with Crippen LogP contribution in [0.2, 0.25) is 0 Å². The molecule has 3 N–H and O–H groups in total. The van der Waals surface area contributed by atoms with Crippen molar-refractivity contribution in [1.29, 1.82) is 0 Å². The Bertz CT molecular complexity index is 880. The molecule has 10 heteroatoms. The van der Waals surface area contributed by atoms with Crippen molar-refractivity contribution in [3.05, 3.63) is 29.8 Å². The lowest BCUT2D eigenvalue weighted by molar-refractivity contribution is -0.145. The molecule has 0 spiro atoms. The number of para-hydroxylation sites is 1. The molecule has 0 saturated carbocycles. The van der Waals surface area contributed by atoms with Crippen molar-refractivity contribution < 1.29 is 33.8 Å². The molecule has 10 nitrogen and oxygen atoms in total. The van der Waals surface area contributed by atoms with Crippen LogP contribution >= 0.6 is 0 Å². The van der Waals surface area contributed by atoms with E-state index in [1.807, 2.05) is 20.8 Å². The van der Waals surface area contributed by atoms with Crippen molar-refractivity contribution in [2.75, 3.05) is 20.2 Å². The maximum absolute atomic E-state index is 13.8. The quantitative estimate of drug-likeness (QED) is 0.404. The molecule has 0 radical (unpaired) electrons. The lowest BCUT2D eigenvalue weighted by Crippen LogP contribution is -2.53. The maximum atomic E-state index is 13.8. The first-order valence-electron chi connectivity index (χ1n) is 11.7. The zero-order valence-electron chi connectivity index (χ0n) is 21.7. The van der Waals surface area contributed by atoms with Gasteiger partial charge in [0.05, 0.1) is 7.11 Å². The number of nitrogens with one attached hydrogen (secondary N) is 2. The second-order valence-corrected chi connectivity index (χ2v) is 9.62. The number of ether oxygens (including phenoxy) is 2. The van der Waals surface area contributed by atoms with Gasteiger partial charge in [-0.05, 0) is 45.6 Å². The van der Waals surface area contributed by atoms with Gasteiger partial charge in [0.25, 0.3) is 0 Å². The number of phenols is 1. The maximum Gasteiger partial charge on any atom is 0.408 e. The Morgan fingerprint density at radius 3 is 2.26 bits per heavy atom. The first-order valence-corrected chi connectivity index (χ1v) is 11.7. The predicted molar refractivity (Wildman–Crippen MR) is 130 cm³/mol. The molecule has 0 aliphatic rings. The van der Waals surface area contributed by atoms with Gasteiger partial charge in [-0.3, -0.25) is 14.4 Å². The number of benzene rings is 1. The molecule has 0 bridgehead atoms. The third-order valence-electron chi connectivity index (χ3n) is 4.87. The summed E-state index contributed by atoms with van der Waals surface area (Å²) in [4.78, 5) is 52.5. The van der Waals surface area contributed by atoms with Crippen LogP contribution in [-0.2, 0) is 23.9 Å². The van der Waals surface area contributed by atoms with Gasteiger partial charge >= 0.3 is 12.1 Å². The number of rotatable bonds is 11. The van der Waals surface area contributed by atoms with E-state index in [1.54, 1.807) is 32.9 Å². The summed E-state index contributed by atoms with van der Waals surface area (Å²) in [6.45, 7) is 10.6. The fraction of sp³-hybridized carbons (Fsp3) is 0.600. The number of hydrogen-bond acceptors (Lipinski definition) is 7. The largest absolute Gasteiger partial charge is 0.508 e. The van der Waals surface area contributed by atoms with Gasteiger partial charge in [-0.15, -0.1) is 0 Å². The molecule has 196 valence electrons. The van der Waals surface area contributed by atoms with Gasteiger partial charge in [0.15, 0.2) is 0 Å². The molecule has 0 saturated heterocycles. The fourth-order valence-electron chi connectivity index (χ4n) is 3.45. The number of phenolic OH excluding ortho intramolecular Hbond substituents is 1. The van der Waals surface area contributed by atoms with Gasteiger partial charge in [0.2, 0.25) is 11.8 Å². The van der Waals surface area contributed by atoms with Crippen LogP contribution in [0.3, 0.4) is 0 Å². The molecule has 1 aromatic carbocycles. The number of esters is 1. The summed E-state index contributed by atoms with van der Waals surface area (Å²) in [6, 6.07) is 3.96. The highest BCUT2D eigenvalue weighted by atomic mass is 16.6. The number of hydrogen-bond donors (Lipinski definition) is 3. The van der Waals surface area contributed by atoms with Crippen LogP contribution < -0.4 is 10.6 Å². The average Bonchev–Trinajstić information content (AvgIpc) is 2.75. The molecule has 0 heterocycles. The van der Waals surface area contributed by atoms with Crippen molar-refractivity contribution in [1.82, 2.24) is 15.5 Å². The number of aromatic hydroxyl groups is 1. The van der Waals surface area contributed by atoms with Crippen molar-refractivity contribution in [3.63, 3.8) is 0 Å². The number of nitrogens with zero attached hydrogens (tertiary/aromatic N) is 1. The van der Waals surface area contributed by atoms with Crippen LogP contribution in [0.4, 0.5) is 4.79 Å². The summed E-state index contributed by atoms with van der Waals surface area (Å²) < 4.78 is 9.92. The number of carbonyl (C=O) groups is 4. The molecule has 3 amide bonds. The third-order valence-corrected chi connectivity index (χ3v) is 4.87. The van der Waals surface area contributed by atoms with E-state index in [9.17, 15) is 24.3 Å². The van der Waals surface area contributed by atoms with Crippen LogP contribution in [0.15, 0.2) is 24.3 Å². The van der Waals surface area contributed by atoms with Gasteiger partial charge in [-0.2, -0.15) is 0 Å². The second kappa shape index (κ2) is 13.6. The van der Waals surface area contributed by atoms with E-state index in [0.717, 1.165) is 0 Å². The monoisotopic (exact) mass is 493 g/mol. The number of alkyl carbamates (subject to hydrolysis) is 1. The highest BCUT2D eigenvalue weighted by Crippen LogP contribution is 2.30. The Kier molecular flexibility index (Phi) is 11.5. The van der Waals surface area contributed by atoms with Gasteiger partial charge in [0.1, 0.15) is 30.0 Å². The molecule has 2 atom stereocenters. The molecule has 35 heavy (non-hydrogen) atoms. The zero-order valence-corrected chi connectivity index (χ0v) is 21.7. The summed E-state index contributed by atoms with van der Waals surface area (Å²) >= 11 is 0. The predicted octanol–water partition coefficient (Wildman–Crippen LogP) is 2.90. The Morgan fingerprint density at radius 1 is 1.11 bits per heavy atom. The normalized spacial score (nSPS) is 12.9. The fourth-order valence-corrected chi connectivity index (χ4v) is 3.45. The van der Waals surface area contributed by atoms with Crippen LogP contribution in [0.5, 0.6) is 5.75 Å². The number of amides is 3. The van der Waals surface area contributed by atoms with E-state index >= 15 is 0 Å². The SMILES string of the molecule is CCCN(C(=O)C(CC(C)C)NC(=O)OC(C)(C)C)C(C(=O)NCC(=O)OC)c1ccccc1O. The summed E-state index contributed by atoms with van der Waals surface area (Å²) in [5.74, 6) is -1.97. The minimum Gasteiger partial charge on any atom is -0.508 e. The van der Waals surface area contributed by atoms with Crippen molar-refractivity contribution in [2.45, 2.75) is 72.1 Å². The molecular weight excluding hydrogens is 454 g/mol. The van der Waals surface area contributed by atoms with Gasteiger partial charge in [-0.1, -0.05) is 39.0 Å². The van der Waals surface area contributed by atoms with Crippen LogP contribution in [-0.4, -0.2) is 65.7 Å². The van der Waals surface area contributed by atoms with E-state index in [1.165, 1.54) is 24.1 Å². The Morgan fingerprint density at radius 2 is 1.74 bits per heavy atom. The summed E-state index contributed by atoms with van der Waals surface area (Å²) in [6.07, 6.45) is 0.0541. The molecule has 0 aliphatic heterocycles. The first-order chi connectivity index (χ1) is 16.3. The summed E-state index contributed by atoms with van der Waals surface area (Å²) in [5, 5.41) is 15.6. The molecular formula is C25H39N3O7. The van der Waals surface area contributed by atoms with Crippen LogP contribution in [0, 0.1) is 5.92 Å². The van der Waals surface area contributed by atoms with Crippen molar-refractivity contribution >= 4 is 23.9 Å². The molecule has 0 aliphatic carbocycles. The molecule has 0 fully saturated rings. The van der Waals surface area contributed by atoms with E-state index in [-0.39, 0.29) is 23.8 Å². The van der Waals surface area contributed by atoms with Gasteiger partial charge in [-0.25, -0.2) is 4.79 Å². The lowest BCUT2D eigenvalue weighted by atomic mass is 9.98. The summed E-state index contributed by atoms with van der Waals surface area (Å²) in [7, 11) is 1.20. The first kappa shape index (κ1) is 29.7. The Hall–Kier alpha value is -3.30. The number of carbonyl (C=O) groups excluding carboxylic acids is 4. The van der Waals surface area contributed by atoms with Crippen LogP contribution in [0.1, 0.15) is 66.0 Å². The topological polar surface area (TPSA) is 134 Å². The molecule has 0 aromatic heterocycles. The number of methoxy groups -OCH3 is 1. The van der Waals surface area contributed by atoms with E-state index < -0.39 is 48.1 Å². The zero-order chi connectivity index (χ0) is 26.8.